The number of carbonyl (C=O) groups is 2. The molecule has 23 heavy (non-hydrogen) atoms. The average Bonchev–Trinajstić information content (AvgIpc) is 2.49. The van der Waals surface area contributed by atoms with E-state index in [9.17, 15) is 9.59 Å². The Bertz CT molecular complexity index is 578. The molecule has 5 nitrogen and oxygen atoms in total. The topological polar surface area (TPSA) is 61.4 Å². The van der Waals surface area contributed by atoms with Crippen LogP contribution >= 0.6 is 24.0 Å². The summed E-state index contributed by atoms with van der Waals surface area (Å²) in [6.07, 6.45) is 0. The van der Waals surface area contributed by atoms with E-state index in [1.807, 2.05) is 25.7 Å². The van der Waals surface area contributed by atoms with Crippen LogP contribution in [0.1, 0.15) is 31.1 Å². The number of halogens is 2. The van der Waals surface area contributed by atoms with Crippen molar-refractivity contribution in [2.24, 2.45) is 5.92 Å². The lowest BCUT2D eigenvalue weighted by molar-refractivity contribution is -0.118. The summed E-state index contributed by atoms with van der Waals surface area (Å²) in [4.78, 5) is 26.3. The number of carbonyl (C=O) groups excluding carboxylic acids is 2. The van der Waals surface area contributed by atoms with Gasteiger partial charge in [-0.25, -0.2) is 0 Å². The Kier molecular flexibility index (Phi) is 7.32. The highest BCUT2D eigenvalue weighted by atomic mass is 35.5. The average molecular weight is 360 g/mol. The van der Waals surface area contributed by atoms with Crippen LogP contribution in [0.3, 0.4) is 0 Å². The molecule has 0 bridgehead atoms. The van der Waals surface area contributed by atoms with Gasteiger partial charge in [0.25, 0.3) is 5.91 Å². The predicted molar refractivity (Wildman–Crippen MR) is 95.5 cm³/mol. The number of anilines is 1. The molecule has 0 radical (unpaired) electrons. The van der Waals surface area contributed by atoms with E-state index >= 15 is 0 Å². The number of benzene rings is 1. The van der Waals surface area contributed by atoms with Gasteiger partial charge in [0, 0.05) is 37.3 Å². The quantitative estimate of drug-likeness (QED) is 0.872. The number of amides is 2. The highest BCUT2D eigenvalue weighted by molar-refractivity contribution is 6.34. The lowest BCUT2D eigenvalue weighted by Crippen LogP contribution is -2.52. The van der Waals surface area contributed by atoms with E-state index in [-0.39, 0.29) is 36.2 Å². The smallest absolute Gasteiger partial charge is 0.255 e. The van der Waals surface area contributed by atoms with Crippen molar-refractivity contribution in [3.63, 3.8) is 0 Å². The van der Waals surface area contributed by atoms with Crippen LogP contribution in [0.4, 0.5) is 5.69 Å². The summed E-state index contributed by atoms with van der Waals surface area (Å²) in [5.74, 6) is -0.307. The molecular weight excluding hydrogens is 337 g/mol. The second kappa shape index (κ2) is 8.52. The third-order valence-electron chi connectivity index (χ3n) is 3.75. The molecule has 0 spiro atoms. The number of piperazine rings is 1. The fraction of sp³-hybridized carbons (Fsp3) is 0.500. The maximum absolute atomic E-state index is 12.7. The van der Waals surface area contributed by atoms with Gasteiger partial charge in [0.15, 0.2) is 0 Å². The van der Waals surface area contributed by atoms with Crippen LogP contribution in [0.15, 0.2) is 18.2 Å². The van der Waals surface area contributed by atoms with Gasteiger partial charge in [-0.05, 0) is 25.1 Å². The van der Waals surface area contributed by atoms with Crippen molar-refractivity contribution in [1.29, 1.82) is 0 Å². The van der Waals surface area contributed by atoms with Gasteiger partial charge in [-0.15, -0.1) is 12.4 Å². The molecule has 2 N–H and O–H groups in total. The van der Waals surface area contributed by atoms with Crippen molar-refractivity contribution in [3.05, 3.63) is 28.8 Å². The van der Waals surface area contributed by atoms with E-state index in [0.717, 1.165) is 13.1 Å². The SMILES string of the molecule is CC(C)C(=O)Nc1ccc(Cl)c(C(=O)N2CCNC[C@@H]2C)c1.Cl. The highest BCUT2D eigenvalue weighted by Crippen LogP contribution is 2.23. The first-order valence-corrected chi connectivity index (χ1v) is 7.90. The first-order valence-electron chi connectivity index (χ1n) is 7.52. The van der Waals surface area contributed by atoms with Crippen LogP contribution in [0.2, 0.25) is 5.02 Å². The summed E-state index contributed by atoms with van der Waals surface area (Å²) in [5.41, 5.74) is 1.02. The van der Waals surface area contributed by atoms with Gasteiger partial charge >= 0.3 is 0 Å². The van der Waals surface area contributed by atoms with E-state index in [0.29, 0.717) is 22.8 Å². The van der Waals surface area contributed by atoms with Gasteiger partial charge in [-0.3, -0.25) is 9.59 Å². The van der Waals surface area contributed by atoms with Gasteiger partial charge in [0.2, 0.25) is 5.91 Å². The molecule has 1 aromatic carbocycles. The number of nitrogens with zero attached hydrogens (tertiary/aromatic N) is 1. The summed E-state index contributed by atoms with van der Waals surface area (Å²) >= 11 is 6.18. The van der Waals surface area contributed by atoms with Crippen LogP contribution in [-0.2, 0) is 4.79 Å². The first kappa shape index (κ1) is 19.7. The van der Waals surface area contributed by atoms with Gasteiger partial charge in [0.05, 0.1) is 10.6 Å². The molecule has 1 aliphatic rings. The van der Waals surface area contributed by atoms with Crippen molar-refractivity contribution in [1.82, 2.24) is 10.2 Å². The number of nitrogens with one attached hydrogen (secondary N) is 2. The van der Waals surface area contributed by atoms with E-state index < -0.39 is 0 Å². The molecular formula is C16H23Cl2N3O2. The van der Waals surface area contributed by atoms with Crippen LogP contribution in [0.25, 0.3) is 0 Å². The molecule has 1 saturated heterocycles. The molecule has 128 valence electrons. The fourth-order valence-electron chi connectivity index (χ4n) is 2.35. The van der Waals surface area contributed by atoms with Crippen LogP contribution in [0, 0.1) is 5.92 Å². The molecule has 7 heteroatoms. The number of hydrogen-bond donors (Lipinski definition) is 2. The van der Waals surface area contributed by atoms with Crippen molar-refractivity contribution >= 4 is 41.5 Å². The van der Waals surface area contributed by atoms with Crippen molar-refractivity contribution < 1.29 is 9.59 Å². The third-order valence-corrected chi connectivity index (χ3v) is 4.08. The molecule has 1 aromatic rings. The third kappa shape index (κ3) is 4.83. The summed E-state index contributed by atoms with van der Waals surface area (Å²) in [6, 6.07) is 5.13. The zero-order valence-electron chi connectivity index (χ0n) is 13.6. The maximum atomic E-state index is 12.7. The molecule has 0 unspecified atom stereocenters. The Morgan fingerprint density at radius 1 is 1.39 bits per heavy atom. The fourth-order valence-corrected chi connectivity index (χ4v) is 2.55. The summed E-state index contributed by atoms with van der Waals surface area (Å²) in [7, 11) is 0. The Morgan fingerprint density at radius 2 is 2.09 bits per heavy atom. The molecule has 0 aliphatic carbocycles. The maximum Gasteiger partial charge on any atom is 0.255 e. The molecule has 0 saturated carbocycles. The lowest BCUT2D eigenvalue weighted by Gasteiger charge is -2.34. The zero-order chi connectivity index (χ0) is 16.3. The minimum absolute atomic E-state index is 0. The van der Waals surface area contributed by atoms with Gasteiger partial charge in [-0.1, -0.05) is 25.4 Å². The molecule has 0 aromatic heterocycles. The molecule has 2 amide bonds. The Morgan fingerprint density at radius 3 is 2.70 bits per heavy atom. The van der Waals surface area contributed by atoms with E-state index in [1.165, 1.54) is 0 Å². The minimum Gasteiger partial charge on any atom is -0.333 e. The largest absolute Gasteiger partial charge is 0.333 e. The lowest BCUT2D eigenvalue weighted by atomic mass is 10.1. The van der Waals surface area contributed by atoms with Crippen molar-refractivity contribution in [3.8, 4) is 0 Å². The van der Waals surface area contributed by atoms with E-state index in [2.05, 4.69) is 10.6 Å². The monoisotopic (exact) mass is 359 g/mol. The van der Waals surface area contributed by atoms with Crippen LogP contribution < -0.4 is 10.6 Å². The predicted octanol–water partition coefficient (Wildman–Crippen LogP) is 2.79. The molecule has 1 atom stereocenters. The summed E-state index contributed by atoms with van der Waals surface area (Å²) < 4.78 is 0. The summed E-state index contributed by atoms with van der Waals surface area (Å²) in [6.45, 7) is 7.84. The highest BCUT2D eigenvalue weighted by Gasteiger charge is 2.25. The van der Waals surface area contributed by atoms with Crippen molar-refractivity contribution in [2.75, 3.05) is 25.0 Å². The standard InChI is InChI=1S/C16H22ClN3O2.ClH/c1-10(2)15(21)19-12-4-5-14(17)13(8-12)16(22)20-7-6-18-9-11(20)3;/h4-5,8,10-11,18H,6-7,9H2,1-3H3,(H,19,21);1H/t11-;/m0./s1. The van der Waals surface area contributed by atoms with Crippen molar-refractivity contribution in [2.45, 2.75) is 26.8 Å². The molecule has 1 heterocycles. The Balaban J connectivity index is 0.00000264. The van der Waals surface area contributed by atoms with E-state index in [4.69, 9.17) is 11.6 Å². The van der Waals surface area contributed by atoms with Gasteiger partial charge < -0.3 is 15.5 Å². The summed E-state index contributed by atoms with van der Waals surface area (Å²) in [5, 5.41) is 6.45. The van der Waals surface area contributed by atoms with Crippen LogP contribution in [-0.4, -0.2) is 42.4 Å². The Labute approximate surface area is 148 Å². The van der Waals surface area contributed by atoms with E-state index in [1.54, 1.807) is 18.2 Å². The zero-order valence-corrected chi connectivity index (χ0v) is 15.1. The molecule has 2 rings (SSSR count). The second-order valence-corrected chi connectivity index (χ2v) is 6.30. The normalized spacial score (nSPS) is 17.6. The second-order valence-electron chi connectivity index (χ2n) is 5.89. The molecule has 1 aliphatic heterocycles. The van der Waals surface area contributed by atoms with Crippen LogP contribution in [0.5, 0.6) is 0 Å². The number of rotatable bonds is 3. The molecule has 1 fully saturated rings. The minimum atomic E-state index is -0.122. The first-order chi connectivity index (χ1) is 10.4. The van der Waals surface area contributed by atoms with Gasteiger partial charge in [0.1, 0.15) is 0 Å². The van der Waals surface area contributed by atoms with Gasteiger partial charge in [-0.2, -0.15) is 0 Å². The number of hydrogen-bond acceptors (Lipinski definition) is 3. The Hall–Kier alpha value is -1.30.